The van der Waals surface area contributed by atoms with E-state index in [1.807, 2.05) is 18.2 Å². The van der Waals surface area contributed by atoms with Crippen LogP contribution in [0, 0.1) is 0 Å². The molecule has 0 unspecified atom stereocenters. The van der Waals surface area contributed by atoms with Gasteiger partial charge in [-0.1, -0.05) is 0 Å². The molecule has 1 fully saturated rings. The summed E-state index contributed by atoms with van der Waals surface area (Å²) in [5.74, 6) is 1.21. The molecule has 1 aromatic carbocycles. The first-order chi connectivity index (χ1) is 15.6. The number of hydrogen-bond donors (Lipinski definition) is 1. The summed E-state index contributed by atoms with van der Waals surface area (Å²) in [5, 5.41) is 7.66. The molecular formula is C23H27N5O4. The SMILES string of the molecule is COc1ccc(OC)c(-c2cc(C(=O)NC3CCC(Oc4ncccn4)CC3)n(C)n2)c1. The van der Waals surface area contributed by atoms with Crippen LogP contribution in [0.25, 0.3) is 11.3 Å². The van der Waals surface area contributed by atoms with Gasteiger partial charge in [0.05, 0.1) is 19.9 Å². The van der Waals surface area contributed by atoms with Gasteiger partial charge in [-0.05, 0) is 56.0 Å². The molecule has 0 spiro atoms. The minimum Gasteiger partial charge on any atom is -0.497 e. The fraction of sp³-hybridized carbons (Fsp3) is 0.391. The zero-order chi connectivity index (χ0) is 22.5. The van der Waals surface area contributed by atoms with E-state index in [-0.39, 0.29) is 18.1 Å². The predicted molar refractivity (Wildman–Crippen MR) is 118 cm³/mol. The lowest BCUT2D eigenvalue weighted by Crippen LogP contribution is -2.40. The first kappa shape index (κ1) is 21.6. The Bertz CT molecular complexity index is 1060. The van der Waals surface area contributed by atoms with Crippen LogP contribution in [-0.2, 0) is 7.05 Å². The van der Waals surface area contributed by atoms with Crippen LogP contribution in [0.3, 0.4) is 0 Å². The highest BCUT2D eigenvalue weighted by atomic mass is 16.5. The molecule has 1 N–H and O–H groups in total. The summed E-state index contributed by atoms with van der Waals surface area (Å²) in [6.07, 6.45) is 6.72. The summed E-state index contributed by atoms with van der Waals surface area (Å²) in [6.45, 7) is 0. The zero-order valence-electron chi connectivity index (χ0n) is 18.4. The Morgan fingerprint density at radius 3 is 2.50 bits per heavy atom. The molecular weight excluding hydrogens is 410 g/mol. The molecule has 1 amide bonds. The second kappa shape index (κ2) is 9.67. The number of hydrogen-bond acceptors (Lipinski definition) is 7. The largest absolute Gasteiger partial charge is 0.497 e. The van der Waals surface area contributed by atoms with Crippen LogP contribution in [0.5, 0.6) is 17.5 Å². The van der Waals surface area contributed by atoms with Crippen molar-refractivity contribution in [1.82, 2.24) is 25.1 Å². The summed E-state index contributed by atoms with van der Waals surface area (Å²) in [5.41, 5.74) is 1.90. The van der Waals surface area contributed by atoms with Crippen LogP contribution in [0.1, 0.15) is 36.2 Å². The topological polar surface area (TPSA) is 100 Å². The van der Waals surface area contributed by atoms with Crippen molar-refractivity contribution in [3.8, 4) is 28.8 Å². The minimum atomic E-state index is -0.149. The van der Waals surface area contributed by atoms with E-state index in [2.05, 4.69) is 20.4 Å². The van der Waals surface area contributed by atoms with Gasteiger partial charge in [-0.2, -0.15) is 5.10 Å². The fourth-order valence-corrected chi connectivity index (χ4v) is 3.91. The second-order valence-electron chi connectivity index (χ2n) is 7.70. The quantitative estimate of drug-likeness (QED) is 0.606. The Labute approximate surface area is 186 Å². The number of nitrogens with zero attached hydrogens (tertiary/aromatic N) is 4. The van der Waals surface area contributed by atoms with Crippen molar-refractivity contribution in [2.24, 2.45) is 7.05 Å². The molecule has 9 nitrogen and oxygen atoms in total. The number of aryl methyl sites for hydroxylation is 1. The summed E-state index contributed by atoms with van der Waals surface area (Å²) < 4.78 is 18.2. The van der Waals surface area contributed by atoms with Crippen molar-refractivity contribution in [2.75, 3.05) is 14.2 Å². The van der Waals surface area contributed by atoms with Crippen LogP contribution < -0.4 is 19.5 Å². The van der Waals surface area contributed by atoms with E-state index in [1.165, 1.54) is 0 Å². The molecule has 168 valence electrons. The maximum atomic E-state index is 12.9. The molecule has 32 heavy (non-hydrogen) atoms. The number of ether oxygens (including phenoxy) is 3. The summed E-state index contributed by atoms with van der Waals surface area (Å²) in [7, 11) is 4.97. The third kappa shape index (κ3) is 4.82. The van der Waals surface area contributed by atoms with Crippen molar-refractivity contribution >= 4 is 5.91 Å². The smallest absolute Gasteiger partial charge is 0.316 e. The van der Waals surface area contributed by atoms with Crippen molar-refractivity contribution in [3.63, 3.8) is 0 Å². The Balaban J connectivity index is 1.39. The minimum absolute atomic E-state index is 0.0642. The number of carbonyl (C=O) groups is 1. The molecule has 2 heterocycles. The third-order valence-electron chi connectivity index (χ3n) is 5.62. The molecule has 0 saturated heterocycles. The van der Waals surface area contributed by atoms with Crippen molar-refractivity contribution < 1.29 is 19.0 Å². The van der Waals surface area contributed by atoms with Crippen molar-refractivity contribution in [3.05, 3.63) is 48.4 Å². The molecule has 0 atom stereocenters. The fourth-order valence-electron chi connectivity index (χ4n) is 3.91. The Morgan fingerprint density at radius 2 is 1.81 bits per heavy atom. The number of amides is 1. The first-order valence-corrected chi connectivity index (χ1v) is 10.6. The Kier molecular flexibility index (Phi) is 6.53. The maximum Gasteiger partial charge on any atom is 0.316 e. The van der Waals surface area contributed by atoms with Crippen LogP contribution in [0.4, 0.5) is 0 Å². The molecule has 4 rings (SSSR count). The lowest BCUT2D eigenvalue weighted by molar-refractivity contribution is 0.0876. The van der Waals surface area contributed by atoms with E-state index in [9.17, 15) is 4.79 Å². The van der Waals surface area contributed by atoms with Gasteiger partial charge in [0, 0.05) is 31.0 Å². The van der Waals surface area contributed by atoms with E-state index >= 15 is 0 Å². The van der Waals surface area contributed by atoms with Gasteiger partial charge in [-0.3, -0.25) is 9.48 Å². The van der Waals surface area contributed by atoms with Crippen LogP contribution in [0.2, 0.25) is 0 Å². The Morgan fingerprint density at radius 1 is 1.06 bits per heavy atom. The van der Waals surface area contributed by atoms with Gasteiger partial charge in [-0.25, -0.2) is 9.97 Å². The first-order valence-electron chi connectivity index (χ1n) is 10.6. The molecule has 0 aliphatic heterocycles. The zero-order valence-corrected chi connectivity index (χ0v) is 18.4. The monoisotopic (exact) mass is 437 g/mol. The molecule has 2 aromatic heterocycles. The third-order valence-corrected chi connectivity index (χ3v) is 5.62. The van der Waals surface area contributed by atoms with Gasteiger partial charge in [-0.15, -0.1) is 0 Å². The number of aromatic nitrogens is 4. The molecule has 0 bridgehead atoms. The molecule has 1 saturated carbocycles. The number of carbonyl (C=O) groups excluding carboxylic acids is 1. The number of benzene rings is 1. The summed E-state index contributed by atoms with van der Waals surface area (Å²) in [6, 6.07) is 9.51. The Hall–Kier alpha value is -3.62. The number of methoxy groups -OCH3 is 2. The van der Waals surface area contributed by atoms with Gasteiger partial charge >= 0.3 is 6.01 Å². The van der Waals surface area contributed by atoms with Gasteiger partial charge in [0.2, 0.25) is 0 Å². The van der Waals surface area contributed by atoms with Crippen molar-refractivity contribution in [1.29, 1.82) is 0 Å². The number of rotatable bonds is 7. The highest BCUT2D eigenvalue weighted by molar-refractivity contribution is 5.94. The average Bonchev–Trinajstić information content (AvgIpc) is 3.22. The van der Waals surface area contributed by atoms with E-state index in [0.717, 1.165) is 31.2 Å². The summed E-state index contributed by atoms with van der Waals surface area (Å²) in [4.78, 5) is 21.2. The summed E-state index contributed by atoms with van der Waals surface area (Å²) >= 11 is 0. The highest BCUT2D eigenvalue weighted by Gasteiger charge is 2.26. The molecule has 3 aromatic rings. The predicted octanol–water partition coefficient (Wildman–Crippen LogP) is 3.01. The van der Waals surface area contributed by atoms with E-state index in [1.54, 1.807) is 50.5 Å². The van der Waals surface area contributed by atoms with E-state index in [0.29, 0.717) is 28.9 Å². The maximum absolute atomic E-state index is 12.9. The van der Waals surface area contributed by atoms with Gasteiger partial charge in [0.1, 0.15) is 23.3 Å². The van der Waals surface area contributed by atoms with Gasteiger partial charge < -0.3 is 19.5 Å². The molecule has 9 heteroatoms. The lowest BCUT2D eigenvalue weighted by atomic mass is 9.93. The average molecular weight is 438 g/mol. The van der Waals surface area contributed by atoms with E-state index in [4.69, 9.17) is 14.2 Å². The van der Waals surface area contributed by atoms with Gasteiger partial charge in [0.15, 0.2) is 0 Å². The molecule has 1 aliphatic carbocycles. The lowest BCUT2D eigenvalue weighted by Gasteiger charge is -2.28. The number of nitrogens with one attached hydrogen (secondary N) is 1. The van der Waals surface area contributed by atoms with Crippen LogP contribution >= 0.6 is 0 Å². The molecule has 0 radical (unpaired) electrons. The standard InChI is InChI=1S/C23H27N5O4/c1-28-20(14-19(27-28)18-13-17(30-2)9-10-21(18)31-3)22(29)26-15-5-7-16(8-6-15)32-23-24-11-4-12-25-23/h4,9-16H,5-8H2,1-3H3,(H,26,29). The van der Waals surface area contributed by atoms with Crippen LogP contribution in [-0.4, -0.2) is 52.0 Å². The highest BCUT2D eigenvalue weighted by Crippen LogP contribution is 2.33. The molecule has 1 aliphatic rings. The van der Waals surface area contributed by atoms with Crippen molar-refractivity contribution in [2.45, 2.75) is 37.8 Å². The van der Waals surface area contributed by atoms with Gasteiger partial charge in [0.25, 0.3) is 5.91 Å². The normalized spacial score (nSPS) is 18.1. The second-order valence-corrected chi connectivity index (χ2v) is 7.70. The van der Waals surface area contributed by atoms with Crippen LogP contribution in [0.15, 0.2) is 42.7 Å². The van der Waals surface area contributed by atoms with E-state index < -0.39 is 0 Å².